The number of carboxylic acid groups (broad SMARTS) is 1. The zero-order chi connectivity index (χ0) is 18.6. The third-order valence-electron chi connectivity index (χ3n) is 4.57. The first-order chi connectivity index (χ1) is 11.9. The number of rotatable bonds is 8. The Morgan fingerprint density at radius 3 is 2.64 bits per heavy atom. The van der Waals surface area contributed by atoms with Crippen LogP contribution < -0.4 is 10.9 Å². The molecule has 3 N–H and O–H groups in total. The van der Waals surface area contributed by atoms with Gasteiger partial charge in [0.05, 0.1) is 5.56 Å². The van der Waals surface area contributed by atoms with Crippen LogP contribution in [0, 0.1) is 5.92 Å². The number of phenols is 1. The van der Waals surface area contributed by atoms with E-state index in [-0.39, 0.29) is 18.2 Å². The zero-order valence-corrected chi connectivity index (χ0v) is 14.8. The lowest BCUT2D eigenvalue weighted by Gasteiger charge is -2.21. The van der Waals surface area contributed by atoms with Gasteiger partial charge in [0.1, 0.15) is 17.4 Å². The maximum atomic E-state index is 11.9. The first-order valence-corrected chi connectivity index (χ1v) is 8.62. The van der Waals surface area contributed by atoms with Gasteiger partial charge in [0.25, 0.3) is 0 Å². The van der Waals surface area contributed by atoms with E-state index < -0.39 is 17.6 Å². The molecule has 0 aliphatic rings. The van der Waals surface area contributed by atoms with Crippen molar-refractivity contribution in [3.8, 4) is 5.75 Å². The summed E-state index contributed by atoms with van der Waals surface area (Å²) < 4.78 is 5.34. The molecule has 0 spiro atoms. The summed E-state index contributed by atoms with van der Waals surface area (Å²) >= 11 is 0. The van der Waals surface area contributed by atoms with Crippen molar-refractivity contribution in [2.24, 2.45) is 5.92 Å². The molecule has 1 aromatic carbocycles. The third-order valence-corrected chi connectivity index (χ3v) is 4.57. The highest BCUT2D eigenvalue weighted by molar-refractivity contribution is 5.85. The lowest BCUT2D eigenvalue weighted by atomic mass is 9.98. The lowest BCUT2D eigenvalue weighted by Crippen LogP contribution is -2.41. The van der Waals surface area contributed by atoms with Crippen LogP contribution >= 0.6 is 0 Å². The highest BCUT2D eigenvalue weighted by Gasteiger charge is 2.24. The maximum Gasteiger partial charge on any atom is 0.336 e. The normalized spacial score (nSPS) is 13.7. The van der Waals surface area contributed by atoms with Crippen molar-refractivity contribution in [1.29, 1.82) is 0 Å². The van der Waals surface area contributed by atoms with Crippen LogP contribution in [0.1, 0.15) is 44.7 Å². The highest BCUT2D eigenvalue weighted by Crippen LogP contribution is 2.29. The predicted octanol–water partition coefficient (Wildman–Crippen LogP) is 3.04. The fourth-order valence-corrected chi connectivity index (χ4v) is 2.96. The molecular weight excluding hydrogens is 322 g/mol. The molecule has 0 radical (unpaired) electrons. The van der Waals surface area contributed by atoms with E-state index in [1.807, 2.05) is 20.8 Å². The highest BCUT2D eigenvalue weighted by atomic mass is 16.4. The molecule has 1 heterocycles. The van der Waals surface area contributed by atoms with Gasteiger partial charge < -0.3 is 14.6 Å². The number of benzene rings is 1. The molecule has 136 valence electrons. The average Bonchev–Trinajstić information content (AvgIpc) is 2.56. The fraction of sp³-hybridized carbons (Fsp3) is 0.474. The van der Waals surface area contributed by atoms with E-state index in [4.69, 9.17) is 4.42 Å². The summed E-state index contributed by atoms with van der Waals surface area (Å²) in [7, 11) is 0. The van der Waals surface area contributed by atoms with Gasteiger partial charge in [-0.1, -0.05) is 33.6 Å². The molecule has 25 heavy (non-hydrogen) atoms. The van der Waals surface area contributed by atoms with E-state index in [1.54, 1.807) is 12.1 Å². The number of fused-ring (bicyclic) bond motifs is 1. The maximum absolute atomic E-state index is 11.9. The summed E-state index contributed by atoms with van der Waals surface area (Å²) in [6.45, 7) is 5.90. The van der Waals surface area contributed by atoms with Gasteiger partial charge in [-0.05, 0) is 30.0 Å². The number of nitrogens with one attached hydrogen (secondary N) is 1. The van der Waals surface area contributed by atoms with E-state index in [1.165, 1.54) is 6.07 Å². The molecule has 0 amide bonds. The molecule has 2 atom stereocenters. The number of carboxylic acids is 1. The van der Waals surface area contributed by atoms with E-state index in [0.717, 1.165) is 23.8 Å². The Morgan fingerprint density at radius 1 is 1.32 bits per heavy atom. The first-order valence-electron chi connectivity index (χ1n) is 8.62. The minimum Gasteiger partial charge on any atom is -0.507 e. The van der Waals surface area contributed by atoms with Crippen molar-refractivity contribution in [3.05, 3.63) is 39.7 Å². The number of hydrogen-bond acceptors (Lipinski definition) is 5. The molecule has 0 aliphatic carbocycles. The number of aromatic hydroxyl groups is 1. The Labute approximate surface area is 146 Å². The summed E-state index contributed by atoms with van der Waals surface area (Å²) in [5.41, 5.74) is 1.12. The van der Waals surface area contributed by atoms with Crippen LogP contribution in [-0.2, 0) is 17.8 Å². The Hall–Kier alpha value is -2.34. The second-order valence-corrected chi connectivity index (χ2v) is 6.36. The van der Waals surface area contributed by atoms with Gasteiger partial charge in [0.2, 0.25) is 0 Å². The summed E-state index contributed by atoms with van der Waals surface area (Å²) in [5.74, 6) is -1.04. The molecule has 2 unspecified atom stereocenters. The Kier molecular flexibility index (Phi) is 6.20. The Bertz CT molecular complexity index is 811. The number of aryl methyl sites for hydroxylation is 1. The van der Waals surface area contributed by atoms with Crippen LogP contribution in [0.15, 0.2) is 27.4 Å². The van der Waals surface area contributed by atoms with Crippen LogP contribution in [0.25, 0.3) is 11.0 Å². The van der Waals surface area contributed by atoms with Crippen molar-refractivity contribution in [3.63, 3.8) is 0 Å². The molecule has 0 saturated carbocycles. The molecule has 0 fully saturated rings. The molecule has 0 saturated heterocycles. The van der Waals surface area contributed by atoms with E-state index >= 15 is 0 Å². The Morgan fingerprint density at radius 2 is 2.04 bits per heavy atom. The standard InChI is InChI=1S/C19H25NO5/c1-4-6-12-9-16(22)25-18-13(12)7-8-15(21)14(18)10-20-17(19(23)24)11(3)5-2/h7-9,11,17,20-21H,4-6,10H2,1-3H3,(H,23,24). The molecule has 2 aromatic rings. The monoisotopic (exact) mass is 347 g/mol. The van der Waals surface area contributed by atoms with Gasteiger partial charge in [-0.3, -0.25) is 10.1 Å². The van der Waals surface area contributed by atoms with Crippen molar-refractivity contribution in [2.45, 2.75) is 52.6 Å². The van der Waals surface area contributed by atoms with Crippen LogP contribution in [0.5, 0.6) is 5.75 Å². The molecule has 2 rings (SSSR count). The molecule has 0 aliphatic heterocycles. The SMILES string of the molecule is CCCc1cc(=O)oc2c(CNC(C(=O)O)C(C)CC)c(O)ccc12. The van der Waals surface area contributed by atoms with Crippen molar-refractivity contribution in [1.82, 2.24) is 5.32 Å². The number of aliphatic carboxylic acids is 1. The van der Waals surface area contributed by atoms with E-state index in [2.05, 4.69) is 5.32 Å². The molecule has 0 bridgehead atoms. The first kappa shape index (κ1) is 19.0. The lowest BCUT2D eigenvalue weighted by molar-refractivity contribution is -0.140. The minimum atomic E-state index is -0.942. The number of hydrogen-bond donors (Lipinski definition) is 3. The summed E-state index contributed by atoms with van der Waals surface area (Å²) in [6.07, 6.45) is 2.31. The zero-order valence-electron chi connectivity index (χ0n) is 14.8. The van der Waals surface area contributed by atoms with Gasteiger partial charge in [-0.2, -0.15) is 0 Å². The van der Waals surface area contributed by atoms with Gasteiger partial charge in [0, 0.05) is 18.0 Å². The van der Waals surface area contributed by atoms with Gasteiger partial charge in [-0.15, -0.1) is 0 Å². The summed E-state index contributed by atoms with van der Waals surface area (Å²) in [4.78, 5) is 23.3. The molecule has 6 nitrogen and oxygen atoms in total. The van der Waals surface area contributed by atoms with Gasteiger partial charge in [-0.25, -0.2) is 4.79 Å². The number of phenolic OH excluding ortho intramolecular Hbond substituents is 1. The molecule has 1 aromatic heterocycles. The Balaban J connectivity index is 2.45. The molecule has 6 heteroatoms. The smallest absolute Gasteiger partial charge is 0.336 e. The number of carbonyl (C=O) groups is 1. The second kappa shape index (κ2) is 8.16. The quantitative estimate of drug-likeness (QED) is 0.635. The van der Waals surface area contributed by atoms with Crippen molar-refractivity contribution in [2.75, 3.05) is 0 Å². The van der Waals surface area contributed by atoms with Crippen LogP contribution in [0.3, 0.4) is 0 Å². The van der Waals surface area contributed by atoms with Crippen molar-refractivity contribution >= 4 is 16.9 Å². The van der Waals surface area contributed by atoms with E-state index in [9.17, 15) is 19.8 Å². The second-order valence-electron chi connectivity index (χ2n) is 6.36. The van der Waals surface area contributed by atoms with Crippen LogP contribution in [-0.4, -0.2) is 22.2 Å². The van der Waals surface area contributed by atoms with Crippen molar-refractivity contribution < 1.29 is 19.4 Å². The fourth-order valence-electron chi connectivity index (χ4n) is 2.96. The van der Waals surface area contributed by atoms with Gasteiger partial charge in [0.15, 0.2) is 0 Å². The topological polar surface area (TPSA) is 99.8 Å². The van der Waals surface area contributed by atoms with E-state index in [0.29, 0.717) is 17.6 Å². The average molecular weight is 347 g/mol. The summed E-state index contributed by atoms with van der Waals surface area (Å²) in [5, 5.41) is 23.4. The largest absolute Gasteiger partial charge is 0.507 e. The molecular formula is C19H25NO5. The third kappa shape index (κ3) is 4.20. The minimum absolute atomic E-state index is 0.0231. The summed E-state index contributed by atoms with van der Waals surface area (Å²) in [6, 6.07) is 4.01. The predicted molar refractivity (Wildman–Crippen MR) is 95.9 cm³/mol. The van der Waals surface area contributed by atoms with Crippen LogP contribution in [0.4, 0.5) is 0 Å². The van der Waals surface area contributed by atoms with Gasteiger partial charge >= 0.3 is 11.6 Å². The van der Waals surface area contributed by atoms with Crippen LogP contribution in [0.2, 0.25) is 0 Å².